The largest absolute Gasteiger partial charge is 0.546 e. The lowest BCUT2D eigenvalue weighted by atomic mass is 10.1. The molecule has 0 radical (unpaired) electrons. The average Bonchev–Trinajstić information content (AvgIpc) is 3.09. The van der Waals surface area contributed by atoms with Crippen LogP contribution in [0.5, 0.6) is 5.75 Å². The number of para-hydroxylation sites is 1. The molecule has 1 aromatic heterocycles. The number of nitrogens with zero attached hydrogens (tertiary/aromatic N) is 1. The summed E-state index contributed by atoms with van der Waals surface area (Å²) in [5.74, 6) is 0.890. The summed E-state index contributed by atoms with van der Waals surface area (Å²) in [4.78, 5) is 6.21. The van der Waals surface area contributed by atoms with Gasteiger partial charge in [0, 0.05) is 5.56 Å². The maximum atomic E-state index is 6.12. The van der Waals surface area contributed by atoms with Gasteiger partial charge in [0.15, 0.2) is 0 Å². The molecule has 2 aromatic carbocycles. The molecule has 24 heavy (non-hydrogen) atoms. The molecule has 3 rings (SSSR count). The number of aryl methyl sites for hydroxylation is 1. The molecule has 0 atom stereocenters. The molecular formula is C20H21NOSSi. The van der Waals surface area contributed by atoms with E-state index in [0.29, 0.717) is 0 Å². The van der Waals surface area contributed by atoms with Gasteiger partial charge in [0.1, 0.15) is 11.4 Å². The van der Waals surface area contributed by atoms with Gasteiger partial charge in [-0.05, 0) is 43.1 Å². The van der Waals surface area contributed by atoms with Gasteiger partial charge in [-0.2, -0.15) is 0 Å². The highest BCUT2D eigenvalue weighted by Crippen LogP contribution is 2.33. The first-order valence-electron chi connectivity index (χ1n) is 8.09. The van der Waals surface area contributed by atoms with Gasteiger partial charge in [-0.1, -0.05) is 48.5 Å². The van der Waals surface area contributed by atoms with Crippen LogP contribution in [-0.4, -0.2) is 14.8 Å². The van der Waals surface area contributed by atoms with Crippen molar-refractivity contribution in [2.24, 2.45) is 4.99 Å². The molecule has 0 aliphatic carbocycles. The van der Waals surface area contributed by atoms with Crippen LogP contribution in [0.25, 0.3) is 0 Å². The molecule has 0 aliphatic heterocycles. The van der Waals surface area contributed by atoms with E-state index in [4.69, 9.17) is 9.42 Å². The van der Waals surface area contributed by atoms with Crippen molar-refractivity contribution in [3.63, 3.8) is 0 Å². The van der Waals surface area contributed by atoms with Crippen LogP contribution in [0.15, 0.2) is 71.0 Å². The monoisotopic (exact) mass is 351 g/mol. The second kappa shape index (κ2) is 7.60. The zero-order valence-corrected chi connectivity index (χ0v) is 16.2. The van der Waals surface area contributed by atoms with Crippen LogP contribution in [0.1, 0.15) is 16.0 Å². The molecule has 2 nitrogen and oxygen atoms in total. The van der Waals surface area contributed by atoms with Crippen molar-refractivity contribution < 1.29 is 4.43 Å². The minimum atomic E-state index is -1.19. The van der Waals surface area contributed by atoms with Gasteiger partial charge < -0.3 is 4.43 Å². The van der Waals surface area contributed by atoms with Crippen molar-refractivity contribution in [1.29, 1.82) is 0 Å². The van der Waals surface area contributed by atoms with Crippen LogP contribution in [-0.2, 0) is 0 Å². The molecule has 0 saturated carbocycles. The van der Waals surface area contributed by atoms with Crippen molar-refractivity contribution in [3.05, 3.63) is 82.0 Å². The molecule has 0 aliphatic rings. The van der Waals surface area contributed by atoms with E-state index < -0.39 is 9.04 Å². The zero-order chi connectivity index (χ0) is 16.9. The van der Waals surface area contributed by atoms with E-state index in [1.807, 2.05) is 18.2 Å². The summed E-state index contributed by atoms with van der Waals surface area (Å²) in [6.07, 6.45) is 0. The fourth-order valence-electron chi connectivity index (χ4n) is 2.51. The van der Waals surface area contributed by atoms with E-state index in [1.165, 1.54) is 0 Å². The Balaban J connectivity index is 2.16. The van der Waals surface area contributed by atoms with Crippen LogP contribution < -0.4 is 4.43 Å². The molecule has 3 aromatic rings. The minimum absolute atomic E-state index is 0.890. The molecule has 0 unspecified atom stereocenters. The van der Waals surface area contributed by atoms with Crippen LogP contribution >= 0.6 is 11.3 Å². The number of thiophene rings is 1. The average molecular weight is 352 g/mol. The molecule has 0 amide bonds. The first-order valence-corrected chi connectivity index (χ1v) is 11.8. The maximum Gasteiger partial charge on any atom is 0.229 e. The van der Waals surface area contributed by atoms with Crippen LogP contribution in [0, 0.1) is 6.92 Å². The smallest absolute Gasteiger partial charge is 0.229 e. The Bertz CT molecular complexity index is 826. The van der Waals surface area contributed by atoms with Gasteiger partial charge in [-0.3, -0.25) is 0 Å². The van der Waals surface area contributed by atoms with Crippen molar-refractivity contribution in [2.75, 3.05) is 0 Å². The van der Waals surface area contributed by atoms with Gasteiger partial charge in [0.2, 0.25) is 9.04 Å². The predicted octanol–water partition coefficient (Wildman–Crippen LogP) is 5.59. The Morgan fingerprint density at radius 3 is 2.42 bits per heavy atom. The third kappa shape index (κ3) is 3.83. The molecule has 0 saturated heterocycles. The van der Waals surface area contributed by atoms with Gasteiger partial charge in [-0.25, -0.2) is 4.99 Å². The van der Waals surface area contributed by atoms with E-state index in [9.17, 15) is 0 Å². The summed E-state index contributed by atoms with van der Waals surface area (Å²) in [5.41, 5.74) is 4.18. The topological polar surface area (TPSA) is 21.6 Å². The van der Waals surface area contributed by atoms with Crippen molar-refractivity contribution in [2.45, 2.75) is 20.0 Å². The maximum absolute atomic E-state index is 6.12. The number of hydrogen-bond acceptors (Lipinski definition) is 3. The number of rotatable bonds is 5. The number of benzene rings is 2. The first-order chi connectivity index (χ1) is 11.6. The van der Waals surface area contributed by atoms with Gasteiger partial charge in [-0.15, -0.1) is 11.3 Å². The SMILES string of the molecule is Cc1cccc(O[SiH](C)C)c1N=C(c1ccccc1)c1cccs1. The molecule has 0 fully saturated rings. The lowest BCUT2D eigenvalue weighted by Crippen LogP contribution is -2.11. The Hall–Kier alpha value is -2.17. The van der Waals surface area contributed by atoms with Gasteiger partial charge in [0.25, 0.3) is 0 Å². The molecule has 122 valence electrons. The summed E-state index contributed by atoms with van der Waals surface area (Å²) in [7, 11) is -1.19. The van der Waals surface area contributed by atoms with E-state index >= 15 is 0 Å². The van der Waals surface area contributed by atoms with Crippen molar-refractivity contribution in [3.8, 4) is 5.75 Å². The quantitative estimate of drug-likeness (QED) is 0.434. The second-order valence-electron chi connectivity index (χ2n) is 5.89. The lowest BCUT2D eigenvalue weighted by Gasteiger charge is -2.15. The van der Waals surface area contributed by atoms with E-state index in [0.717, 1.165) is 33.2 Å². The Labute approximate surface area is 149 Å². The highest BCUT2D eigenvalue weighted by molar-refractivity contribution is 7.12. The fraction of sp³-hybridized carbons (Fsp3) is 0.150. The van der Waals surface area contributed by atoms with Gasteiger partial charge >= 0.3 is 0 Å². The minimum Gasteiger partial charge on any atom is -0.546 e. The van der Waals surface area contributed by atoms with E-state index in [1.54, 1.807) is 11.3 Å². The van der Waals surface area contributed by atoms with Crippen LogP contribution in [0.2, 0.25) is 13.1 Å². The Morgan fingerprint density at radius 2 is 1.75 bits per heavy atom. The standard InChI is InChI=1S/C20H21NOSSi/c1-15-9-7-12-17(22-24(2)3)19(15)21-20(18-13-8-14-23-18)16-10-5-4-6-11-16/h4-14,24H,1-3H3. The molecular weight excluding hydrogens is 330 g/mol. The summed E-state index contributed by atoms with van der Waals surface area (Å²) in [5, 5.41) is 2.09. The van der Waals surface area contributed by atoms with Crippen molar-refractivity contribution in [1.82, 2.24) is 0 Å². The first kappa shape index (κ1) is 16.7. The lowest BCUT2D eigenvalue weighted by molar-refractivity contribution is 0.581. The third-order valence-electron chi connectivity index (χ3n) is 3.59. The molecule has 1 heterocycles. The molecule has 0 N–H and O–H groups in total. The zero-order valence-electron chi connectivity index (χ0n) is 14.2. The van der Waals surface area contributed by atoms with Crippen LogP contribution in [0.4, 0.5) is 5.69 Å². The summed E-state index contributed by atoms with van der Waals surface area (Å²) in [6, 6.07) is 20.7. The summed E-state index contributed by atoms with van der Waals surface area (Å²) in [6.45, 7) is 6.44. The molecule has 4 heteroatoms. The van der Waals surface area contributed by atoms with Crippen molar-refractivity contribution >= 4 is 31.8 Å². The number of aliphatic imine (C=N–C) groups is 1. The summed E-state index contributed by atoms with van der Waals surface area (Å²) >= 11 is 1.71. The Morgan fingerprint density at radius 1 is 0.958 bits per heavy atom. The molecule has 0 spiro atoms. The van der Waals surface area contributed by atoms with E-state index in [-0.39, 0.29) is 0 Å². The normalized spacial score (nSPS) is 11.8. The predicted molar refractivity (Wildman–Crippen MR) is 107 cm³/mol. The van der Waals surface area contributed by atoms with Gasteiger partial charge in [0.05, 0.1) is 10.6 Å². The highest BCUT2D eigenvalue weighted by atomic mass is 32.1. The number of hydrogen-bond donors (Lipinski definition) is 0. The summed E-state index contributed by atoms with van der Waals surface area (Å²) < 4.78 is 6.12. The van der Waals surface area contributed by atoms with E-state index in [2.05, 4.69) is 67.9 Å². The molecule has 0 bridgehead atoms. The van der Waals surface area contributed by atoms with Crippen LogP contribution in [0.3, 0.4) is 0 Å². The fourth-order valence-corrected chi connectivity index (χ4v) is 3.94. The third-order valence-corrected chi connectivity index (χ3v) is 5.19. The highest BCUT2D eigenvalue weighted by Gasteiger charge is 2.13. The Kier molecular flexibility index (Phi) is 5.28. The second-order valence-corrected chi connectivity index (χ2v) is 9.17.